The summed E-state index contributed by atoms with van der Waals surface area (Å²) in [4.78, 5) is 13.7. The van der Waals surface area contributed by atoms with Crippen LogP contribution >= 0.6 is 0 Å². The zero-order valence-electron chi connectivity index (χ0n) is 9.68. The van der Waals surface area contributed by atoms with Gasteiger partial charge < -0.3 is 4.90 Å². The second-order valence-corrected chi connectivity index (χ2v) is 3.74. The summed E-state index contributed by atoms with van der Waals surface area (Å²) in [5.41, 5.74) is 0.675. The van der Waals surface area contributed by atoms with Crippen molar-refractivity contribution in [2.24, 2.45) is 5.92 Å². The number of hydrogen-bond donors (Lipinski definition) is 0. The number of hydrogen-bond acceptors (Lipinski definition) is 2. The van der Waals surface area contributed by atoms with Crippen LogP contribution in [-0.2, 0) is 0 Å². The molecule has 0 spiro atoms. The number of benzene rings is 1. The highest BCUT2D eigenvalue weighted by atomic mass is 16.2. The molecule has 1 atom stereocenters. The van der Waals surface area contributed by atoms with Gasteiger partial charge in [-0.05, 0) is 26.0 Å². The molecule has 0 aliphatic carbocycles. The van der Waals surface area contributed by atoms with Crippen LogP contribution in [0.3, 0.4) is 0 Å². The zero-order chi connectivity index (χ0) is 12.0. The Morgan fingerprint density at radius 2 is 2.06 bits per heavy atom. The lowest BCUT2D eigenvalue weighted by atomic mass is 10.1. The van der Waals surface area contributed by atoms with Crippen molar-refractivity contribution in [3.05, 3.63) is 35.9 Å². The average molecular weight is 216 g/mol. The van der Waals surface area contributed by atoms with Crippen molar-refractivity contribution in [2.45, 2.75) is 13.8 Å². The lowest BCUT2D eigenvalue weighted by Crippen LogP contribution is -2.34. The van der Waals surface area contributed by atoms with E-state index in [2.05, 4.69) is 6.07 Å². The van der Waals surface area contributed by atoms with Crippen LogP contribution in [0.5, 0.6) is 0 Å². The lowest BCUT2D eigenvalue weighted by molar-refractivity contribution is 0.0752. The minimum Gasteiger partial charge on any atom is -0.338 e. The maximum Gasteiger partial charge on any atom is 0.253 e. The topological polar surface area (TPSA) is 44.1 Å². The van der Waals surface area contributed by atoms with Crippen LogP contribution in [-0.4, -0.2) is 23.9 Å². The van der Waals surface area contributed by atoms with Crippen molar-refractivity contribution < 1.29 is 4.79 Å². The Kier molecular flexibility index (Phi) is 4.53. The second kappa shape index (κ2) is 5.92. The van der Waals surface area contributed by atoms with E-state index in [1.807, 2.05) is 32.0 Å². The number of rotatable bonds is 4. The van der Waals surface area contributed by atoms with E-state index >= 15 is 0 Å². The predicted octanol–water partition coefficient (Wildman–Crippen LogP) is 2.31. The van der Waals surface area contributed by atoms with Gasteiger partial charge >= 0.3 is 0 Å². The van der Waals surface area contributed by atoms with Gasteiger partial charge in [0, 0.05) is 18.7 Å². The quantitative estimate of drug-likeness (QED) is 0.775. The Morgan fingerprint density at radius 1 is 1.44 bits per heavy atom. The molecule has 0 aliphatic heterocycles. The van der Waals surface area contributed by atoms with Gasteiger partial charge in [0.2, 0.25) is 0 Å². The third-order valence-electron chi connectivity index (χ3n) is 2.40. The average Bonchev–Trinajstić information content (AvgIpc) is 2.35. The van der Waals surface area contributed by atoms with E-state index in [0.717, 1.165) is 0 Å². The summed E-state index contributed by atoms with van der Waals surface area (Å²) in [6, 6.07) is 11.3. The summed E-state index contributed by atoms with van der Waals surface area (Å²) in [5, 5.41) is 8.74. The second-order valence-electron chi connectivity index (χ2n) is 3.74. The number of amides is 1. The van der Waals surface area contributed by atoms with Crippen molar-refractivity contribution in [3.63, 3.8) is 0 Å². The van der Waals surface area contributed by atoms with Crippen molar-refractivity contribution in [1.29, 1.82) is 5.26 Å². The molecule has 84 valence electrons. The Balaban J connectivity index is 2.75. The molecule has 3 heteroatoms. The molecule has 1 unspecified atom stereocenters. The highest BCUT2D eigenvalue weighted by Gasteiger charge is 2.15. The zero-order valence-corrected chi connectivity index (χ0v) is 9.68. The van der Waals surface area contributed by atoms with Gasteiger partial charge in [-0.25, -0.2) is 0 Å². The van der Waals surface area contributed by atoms with Crippen LogP contribution in [0.1, 0.15) is 24.2 Å². The normalized spacial score (nSPS) is 11.6. The highest BCUT2D eigenvalue weighted by Crippen LogP contribution is 2.07. The van der Waals surface area contributed by atoms with Gasteiger partial charge in [-0.15, -0.1) is 0 Å². The van der Waals surface area contributed by atoms with Crippen LogP contribution in [0.25, 0.3) is 0 Å². The SMILES string of the molecule is CCN(CC(C)C#N)C(=O)c1ccccc1. The van der Waals surface area contributed by atoms with Crippen LogP contribution < -0.4 is 0 Å². The first kappa shape index (κ1) is 12.3. The van der Waals surface area contributed by atoms with Crippen molar-refractivity contribution in [2.75, 3.05) is 13.1 Å². The lowest BCUT2D eigenvalue weighted by Gasteiger charge is -2.21. The largest absolute Gasteiger partial charge is 0.338 e. The highest BCUT2D eigenvalue weighted by molar-refractivity contribution is 5.94. The summed E-state index contributed by atoms with van der Waals surface area (Å²) in [6.45, 7) is 4.85. The molecule has 3 nitrogen and oxygen atoms in total. The van der Waals surface area contributed by atoms with E-state index in [0.29, 0.717) is 18.7 Å². The summed E-state index contributed by atoms with van der Waals surface area (Å²) >= 11 is 0. The van der Waals surface area contributed by atoms with Crippen LogP contribution in [0.4, 0.5) is 0 Å². The molecular weight excluding hydrogens is 200 g/mol. The maximum absolute atomic E-state index is 12.0. The molecule has 16 heavy (non-hydrogen) atoms. The van der Waals surface area contributed by atoms with Crippen molar-refractivity contribution in [3.8, 4) is 6.07 Å². The molecule has 1 aromatic rings. The van der Waals surface area contributed by atoms with Crippen LogP contribution in [0.2, 0.25) is 0 Å². The minimum atomic E-state index is -0.132. The van der Waals surface area contributed by atoms with E-state index in [9.17, 15) is 4.79 Å². The fourth-order valence-electron chi connectivity index (χ4n) is 1.49. The Morgan fingerprint density at radius 3 is 2.56 bits per heavy atom. The summed E-state index contributed by atoms with van der Waals surface area (Å²) in [6.07, 6.45) is 0. The fraction of sp³-hybridized carbons (Fsp3) is 0.385. The van der Waals surface area contributed by atoms with Crippen LogP contribution in [0, 0.1) is 17.2 Å². The third kappa shape index (κ3) is 3.09. The molecule has 1 aromatic carbocycles. The van der Waals surface area contributed by atoms with Gasteiger partial charge in [-0.1, -0.05) is 18.2 Å². The van der Waals surface area contributed by atoms with Gasteiger partial charge in [0.25, 0.3) is 5.91 Å². The van der Waals surface area contributed by atoms with Gasteiger partial charge in [0.05, 0.1) is 12.0 Å². The first-order valence-electron chi connectivity index (χ1n) is 5.43. The molecule has 0 aliphatic rings. The standard InChI is InChI=1S/C13H16N2O/c1-3-15(10-11(2)9-14)13(16)12-7-5-4-6-8-12/h4-8,11H,3,10H2,1-2H3. The molecule has 0 saturated carbocycles. The van der Waals surface area contributed by atoms with E-state index < -0.39 is 0 Å². The molecular formula is C13H16N2O. The summed E-state index contributed by atoms with van der Waals surface area (Å²) < 4.78 is 0. The molecule has 0 N–H and O–H groups in total. The van der Waals surface area contributed by atoms with Gasteiger partial charge in [-0.2, -0.15) is 5.26 Å². The molecule has 0 saturated heterocycles. The van der Waals surface area contributed by atoms with Gasteiger partial charge in [0.1, 0.15) is 0 Å². The third-order valence-corrected chi connectivity index (χ3v) is 2.40. The van der Waals surface area contributed by atoms with E-state index in [1.165, 1.54) is 0 Å². The molecule has 1 amide bonds. The Labute approximate surface area is 96.3 Å². The predicted molar refractivity (Wildman–Crippen MR) is 62.8 cm³/mol. The molecule has 0 radical (unpaired) electrons. The van der Waals surface area contributed by atoms with Crippen LogP contribution in [0.15, 0.2) is 30.3 Å². The molecule has 1 rings (SSSR count). The first-order valence-corrected chi connectivity index (χ1v) is 5.43. The number of carbonyl (C=O) groups is 1. The Hall–Kier alpha value is -1.82. The number of carbonyl (C=O) groups excluding carboxylic acids is 1. The maximum atomic E-state index is 12.0. The van der Waals surface area contributed by atoms with E-state index in [4.69, 9.17) is 5.26 Å². The Bertz CT molecular complexity index is 381. The first-order chi connectivity index (χ1) is 7.69. The van der Waals surface area contributed by atoms with Gasteiger partial charge in [-0.3, -0.25) is 4.79 Å². The fourth-order valence-corrected chi connectivity index (χ4v) is 1.49. The summed E-state index contributed by atoms with van der Waals surface area (Å²) in [5.74, 6) is -0.141. The smallest absolute Gasteiger partial charge is 0.253 e. The monoisotopic (exact) mass is 216 g/mol. The van der Waals surface area contributed by atoms with Crippen molar-refractivity contribution >= 4 is 5.91 Å². The van der Waals surface area contributed by atoms with E-state index in [1.54, 1.807) is 17.0 Å². The minimum absolute atomic E-state index is 0.00907. The molecule has 0 aromatic heterocycles. The van der Waals surface area contributed by atoms with Gasteiger partial charge in [0.15, 0.2) is 0 Å². The molecule has 0 fully saturated rings. The molecule has 0 bridgehead atoms. The number of nitrogens with zero attached hydrogens (tertiary/aromatic N) is 2. The molecule has 0 heterocycles. The van der Waals surface area contributed by atoms with E-state index in [-0.39, 0.29) is 11.8 Å². The van der Waals surface area contributed by atoms with Crippen molar-refractivity contribution in [1.82, 2.24) is 4.90 Å². The summed E-state index contributed by atoms with van der Waals surface area (Å²) in [7, 11) is 0. The number of nitriles is 1.